The number of oxazole rings is 1. The van der Waals surface area contributed by atoms with Crippen molar-refractivity contribution in [1.82, 2.24) is 9.97 Å². The smallest absolute Gasteiger partial charge is 0.263 e. The summed E-state index contributed by atoms with van der Waals surface area (Å²) in [5.74, 6) is 1.08. The minimum absolute atomic E-state index is 0.142. The Morgan fingerprint density at radius 2 is 1.69 bits per heavy atom. The highest BCUT2D eigenvalue weighted by atomic mass is 32.2. The maximum atomic E-state index is 12.9. The van der Waals surface area contributed by atoms with Crippen LogP contribution in [0.5, 0.6) is 0 Å². The molecule has 32 heavy (non-hydrogen) atoms. The molecule has 0 atom stereocenters. The van der Waals surface area contributed by atoms with Crippen molar-refractivity contribution in [2.24, 2.45) is 0 Å². The van der Waals surface area contributed by atoms with Gasteiger partial charge in [0.25, 0.3) is 10.0 Å². The summed E-state index contributed by atoms with van der Waals surface area (Å²) in [5, 5.41) is 0.345. The summed E-state index contributed by atoms with van der Waals surface area (Å²) in [6, 6.07) is 20.1. The molecule has 0 amide bonds. The quantitative estimate of drug-likeness (QED) is 0.345. The largest absolute Gasteiger partial charge is 0.436 e. The molecule has 8 heteroatoms. The molecule has 0 bridgehead atoms. The molecule has 0 saturated carbocycles. The van der Waals surface area contributed by atoms with E-state index in [2.05, 4.69) is 20.8 Å². The van der Waals surface area contributed by atoms with Gasteiger partial charge in [0, 0.05) is 11.1 Å². The van der Waals surface area contributed by atoms with Crippen molar-refractivity contribution in [3.63, 3.8) is 0 Å². The van der Waals surface area contributed by atoms with Gasteiger partial charge in [-0.2, -0.15) is 0 Å². The van der Waals surface area contributed by atoms with Crippen LogP contribution >= 0.6 is 11.3 Å². The van der Waals surface area contributed by atoms with Crippen LogP contribution in [-0.2, 0) is 10.0 Å². The van der Waals surface area contributed by atoms with Gasteiger partial charge >= 0.3 is 0 Å². The van der Waals surface area contributed by atoms with Crippen LogP contribution in [0.4, 0.5) is 5.13 Å². The van der Waals surface area contributed by atoms with Crippen LogP contribution < -0.4 is 4.72 Å². The Balaban J connectivity index is 1.39. The van der Waals surface area contributed by atoms with Gasteiger partial charge in [-0.3, -0.25) is 4.72 Å². The third-order valence-electron chi connectivity index (χ3n) is 5.02. The predicted octanol–water partition coefficient (Wildman–Crippen LogP) is 6.04. The van der Waals surface area contributed by atoms with Crippen molar-refractivity contribution in [2.75, 3.05) is 4.72 Å². The topological polar surface area (TPSA) is 85.1 Å². The normalized spacial score (nSPS) is 11.7. The molecule has 0 fully saturated rings. The fourth-order valence-corrected chi connectivity index (χ4v) is 5.66. The molecule has 2 aromatic heterocycles. The lowest BCUT2D eigenvalue weighted by Gasteiger charge is -2.05. The summed E-state index contributed by atoms with van der Waals surface area (Å²) in [4.78, 5) is 8.91. The number of nitrogens with zero attached hydrogens (tertiary/aromatic N) is 2. The van der Waals surface area contributed by atoms with Gasteiger partial charge in [-0.1, -0.05) is 47.7 Å². The first-order chi connectivity index (χ1) is 15.4. The van der Waals surface area contributed by atoms with Gasteiger partial charge in [0.2, 0.25) is 5.89 Å². The van der Waals surface area contributed by atoms with Gasteiger partial charge in [-0.25, -0.2) is 18.4 Å². The summed E-state index contributed by atoms with van der Waals surface area (Å²) in [6.45, 7) is 3.99. The molecular formula is C24H19N3O3S2. The van der Waals surface area contributed by atoms with Crippen molar-refractivity contribution in [1.29, 1.82) is 0 Å². The van der Waals surface area contributed by atoms with E-state index in [4.69, 9.17) is 4.42 Å². The first-order valence-electron chi connectivity index (χ1n) is 9.91. The number of rotatable bonds is 5. The summed E-state index contributed by atoms with van der Waals surface area (Å²) in [7, 11) is -3.77. The first-order valence-corrected chi connectivity index (χ1v) is 12.2. The molecule has 160 valence electrons. The van der Waals surface area contributed by atoms with E-state index in [0.29, 0.717) is 22.3 Å². The molecule has 0 saturated heterocycles. The number of hydrogen-bond donors (Lipinski definition) is 1. The predicted molar refractivity (Wildman–Crippen MR) is 127 cm³/mol. The zero-order chi connectivity index (χ0) is 22.3. The van der Waals surface area contributed by atoms with Crippen LogP contribution in [0.2, 0.25) is 0 Å². The number of benzene rings is 3. The Kier molecular flexibility index (Phi) is 5.03. The molecule has 0 spiro atoms. The van der Waals surface area contributed by atoms with Gasteiger partial charge in [-0.15, -0.1) is 0 Å². The molecule has 0 unspecified atom stereocenters. The average Bonchev–Trinajstić information content (AvgIpc) is 3.41. The van der Waals surface area contributed by atoms with Crippen LogP contribution in [0.25, 0.3) is 33.0 Å². The Hall–Kier alpha value is -3.49. The number of anilines is 1. The summed E-state index contributed by atoms with van der Waals surface area (Å²) >= 11 is 1.33. The number of thiazole rings is 1. The molecule has 5 aromatic rings. The number of aryl methyl sites for hydroxylation is 2. The Morgan fingerprint density at radius 1 is 0.938 bits per heavy atom. The van der Waals surface area contributed by atoms with Crippen LogP contribution in [0.1, 0.15) is 11.1 Å². The van der Waals surface area contributed by atoms with Crippen molar-refractivity contribution in [2.45, 2.75) is 18.7 Å². The number of hydrogen-bond acceptors (Lipinski definition) is 6. The van der Waals surface area contributed by atoms with Gasteiger partial charge in [-0.05, 0) is 55.3 Å². The second-order valence-corrected chi connectivity index (χ2v) is 10.2. The van der Waals surface area contributed by atoms with Crippen molar-refractivity contribution >= 4 is 36.7 Å². The molecule has 5 rings (SSSR count). The maximum absolute atomic E-state index is 12.9. The second kappa shape index (κ2) is 7.89. The lowest BCUT2D eigenvalue weighted by atomic mass is 10.1. The average molecular weight is 462 g/mol. The van der Waals surface area contributed by atoms with Crippen molar-refractivity contribution < 1.29 is 12.8 Å². The molecular weight excluding hydrogens is 442 g/mol. The molecule has 0 aliphatic heterocycles. The van der Waals surface area contributed by atoms with Gasteiger partial charge < -0.3 is 4.42 Å². The van der Waals surface area contributed by atoms with Crippen LogP contribution in [0.3, 0.4) is 0 Å². The monoisotopic (exact) mass is 461 g/mol. The van der Waals surface area contributed by atoms with E-state index in [-0.39, 0.29) is 4.90 Å². The van der Waals surface area contributed by atoms with Gasteiger partial charge in [0.05, 0.1) is 21.3 Å². The Labute approximate surface area is 189 Å². The molecule has 1 N–H and O–H groups in total. The lowest BCUT2D eigenvalue weighted by molar-refractivity contribution is 0.588. The maximum Gasteiger partial charge on any atom is 0.263 e. The fraction of sp³-hybridized carbons (Fsp3) is 0.0833. The lowest BCUT2D eigenvalue weighted by Crippen LogP contribution is -2.12. The minimum atomic E-state index is -3.77. The SMILES string of the molecule is Cc1cc(C)c2sc(NS(=O)(=O)c3ccc(-c4ncc(-c5ccccc5)o4)cc3)nc2c1. The highest BCUT2D eigenvalue weighted by Gasteiger charge is 2.18. The molecule has 2 heterocycles. The Bertz CT molecular complexity index is 1520. The zero-order valence-corrected chi connectivity index (χ0v) is 19.0. The molecule has 6 nitrogen and oxygen atoms in total. The summed E-state index contributed by atoms with van der Waals surface area (Å²) in [6.07, 6.45) is 1.66. The second-order valence-electron chi connectivity index (χ2n) is 7.47. The minimum Gasteiger partial charge on any atom is -0.436 e. The van der Waals surface area contributed by atoms with Crippen molar-refractivity contribution in [3.05, 3.63) is 84.1 Å². The molecule has 0 aliphatic rings. The molecule has 0 aliphatic carbocycles. The third kappa shape index (κ3) is 3.90. The zero-order valence-electron chi connectivity index (χ0n) is 17.4. The van der Waals surface area contributed by atoms with Crippen LogP contribution in [0, 0.1) is 13.8 Å². The summed E-state index contributed by atoms with van der Waals surface area (Å²) in [5.41, 5.74) is 4.58. The number of nitrogens with one attached hydrogen (secondary N) is 1. The van der Waals surface area contributed by atoms with E-state index in [1.54, 1.807) is 18.3 Å². The number of fused-ring (bicyclic) bond motifs is 1. The van der Waals surface area contributed by atoms with E-state index in [9.17, 15) is 8.42 Å². The van der Waals surface area contributed by atoms with E-state index in [0.717, 1.165) is 26.9 Å². The fourth-order valence-electron chi connectivity index (χ4n) is 3.51. The van der Waals surface area contributed by atoms with E-state index in [1.165, 1.54) is 23.5 Å². The van der Waals surface area contributed by atoms with Crippen LogP contribution in [0.15, 0.2) is 82.2 Å². The third-order valence-corrected chi connectivity index (χ3v) is 7.62. The van der Waals surface area contributed by atoms with Gasteiger partial charge in [0.15, 0.2) is 10.9 Å². The summed E-state index contributed by atoms with van der Waals surface area (Å²) < 4.78 is 35.2. The van der Waals surface area contributed by atoms with E-state index in [1.807, 2.05) is 50.2 Å². The number of sulfonamides is 1. The highest BCUT2D eigenvalue weighted by molar-refractivity contribution is 7.93. The van der Waals surface area contributed by atoms with Crippen molar-refractivity contribution in [3.8, 4) is 22.8 Å². The standard InChI is InChI=1S/C24H19N3O3S2/c1-15-12-16(2)22-20(13-15)26-24(31-22)27-32(28,29)19-10-8-18(9-11-19)23-25-14-21(30-23)17-6-4-3-5-7-17/h3-14H,1-2H3,(H,26,27). The van der Waals surface area contributed by atoms with Gasteiger partial charge in [0.1, 0.15) is 0 Å². The molecule has 3 aromatic carbocycles. The highest BCUT2D eigenvalue weighted by Crippen LogP contribution is 2.32. The van der Waals surface area contributed by atoms with E-state index >= 15 is 0 Å². The number of aromatic nitrogens is 2. The van der Waals surface area contributed by atoms with E-state index < -0.39 is 10.0 Å². The molecule has 0 radical (unpaired) electrons. The Morgan fingerprint density at radius 3 is 2.44 bits per heavy atom. The first kappa shape index (κ1) is 20.4. The van der Waals surface area contributed by atoms with Crippen LogP contribution in [-0.4, -0.2) is 18.4 Å².